The smallest absolute Gasteiger partial charge is 0.407 e. The van der Waals surface area contributed by atoms with Crippen molar-refractivity contribution in [2.75, 3.05) is 26.7 Å². The molecule has 8 heteroatoms. The fraction of sp³-hybridized carbons (Fsp3) is 0.438. The fourth-order valence-corrected chi connectivity index (χ4v) is 3.14. The summed E-state index contributed by atoms with van der Waals surface area (Å²) in [6, 6.07) is 7.66. The van der Waals surface area contributed by atoms with Crippen LogP contribution in [-0.2, 0) is 9.53 Å². The third kappa shape index (κ3) is 3.12. The highest BCUT2D eigenvalue weighted by molar-refractivity contribution is 5.82. The summed E-state index contributed by atoms with van der Waals surface area (Å²) in [5.41, 5.74) is 1.59. The molecule has 1 aromatic carbocycles. The molecule has 1 aliphatic heterocycles. The van der Waals surface area contributed by atoms with E-state index in [1.165, 1.54) is 7.11 Å². The zero-order valence-electron chi connectivity index (χ0n) is 13.4. The maximum atomic E-state index is 12.2. The molecule has 0 saturated carbocycles. The lowest BCUT2D eigenvalue weighted by Gasteiger charge is -2.32. The van der Waals surface area contributed by atoms with Gasteiger partial charge in [-0.15, -0.1) is 0 Å². The first-order valence-corrected chi connectivity index (χ1v) is 7.89. The van der Waals surface area contributed by atoms with Crippen LogP contribution in [0, 0.1) is 0 Å². The topological polar surface area (TPSA) is 96.4 Å². The summed E-state index contributed by atoms with van der Waals surface area (Å²) >= 11 is 0. The van der Waals surface area contributed by atoms with E-state index in [0.717, 1.165) is 11.0 Å². The molecule has 0 bridgehead atoms. The van der Waals surface area contributed by atoms with E-state index >= 15 is 0 Å². The van der Waals surface area contributed by atoms with Gasteiger partial charge < -0.3 is 19.9 Å². The molecular weight excluding hydrogens is 312 g/mol. The van der Waals surface area contributed by atoms with Crippen molar-refractivity contribution in [2.24, 2.45) is 0 Å². The summed E-state index contributed by atoms with van der Waals surface area (Å²) in [5, 5.41) is 2.39. The predicted octanol–water partition coefficient (Wildman–Crippen LogP) is 0.849. The number of imidazole rings is 1. The van der Waals surface area contributed by atoms with Crippen LogP contribution in [-0.4, -0.2) is 53.2 Å². The largest absolute Gasteiger partial charge is 0.453 e. The predicted molar refractivity (Wildman–Crippen MR) is 87.8 cm³/mol. The molecule has 8 nitrogen and oxygen atoms in total. The molecule has 3 rings (SSSR count). The number of aromatic amines is 1. The molecule has 1 aliphatic rings. The Morgan fingerprint density at radius 2 is 2.00 bits per heavy atom. The summed E-state index contributed by atoms with van der Waals surface area (Å²) in [5.74, 6) is -0.148. The standard InChI is InChI=1S/C16H20N4O4/c1-24-16(23)17-10-14(21)19-8-6-11(7-9-19)20-13-5-3-2-4-12(13)18-15(20)22/h2-5,11H,6-10H2,1H3,(H,17,23)(H,18,22). The highest BCUT2D eigenvalue weighted by Crippen LogP contribution is 2.24. The Labute approximate surface area is 138 Å². The van der Waals surface area contributed by atoms with Crippen molar-refractivity contribution in [3.05, 3.63) is 34.7 Å². The van der Waals surface area contributed by atoms with Crippen LogP contribution in [0.15, 0.2) is 29.1 Å². The Morgan fingerprint density at radius 3 is 2.71 bits per heavy atom. The van der Waals surface area contributed by atoms with Crippen molar-refractivity contribution in [3.63, 3.8) is 0 Å². The van der Waals surface area contributed by atoms with Gasteiger partial charge in [0.25, 0.3) is 0 Å². The van der Waals surface area contributed by atoms with Crippen molar-refractivity contribution in [2.45, 2.75) is 18.9 Å². The average molecular weight is 332 g/mol. The first kappa shape index (κ1) is 16.1. The van der Waals surface area contributed by atoms with Gasteiger partial charge in [0.2, 0.25) is 5.91 Å². The zero-order chi connectivity index (χ0) is 17.1. The fourth-order valence-electron chi connectivity index (χ4n) is 3.14. The number of likely N-dealkylation sites (tertiary alicyclic amines) is 1. The van der Waals surface area contributed by atoms with Gasteiger partial charge in [-0.3, -0.25) is 9.36 Å². The molecule has 1 saturated heterocycles. The molecule has 0 unspecified atom stereocenters. The van der Waals surface area contributed by atoms with Gasteiger partial charge in [-0.25, -0.2) is 9.59 Å². The number of hydrogen-bond donors (Lipinski definition) is 2. The summed E-state index contributed by atoms with van der Waals surface area (Å²) < 4.78 is 6.23. The van der Waals surface area contributed by atoms with Crippen LogP contribution in [0.5, 0.6) is 0 Å². The van der Waals surface area contributed by atoms with E-state index in [1.807, 2.05) is 24.3 Å². The lowest BCUT2D eigenvalue weighted by Crippen LogP contribution is -2.45. The first-order valence-electron chi connectivity index (χ1n) is 7.89. The van der Waals surface area contributed by atoms with Crippen LogP contribution in [0.4, 0.5) is 4.79 Å². The maximum absolute atomic E-state index is 12.2. The van der Waals surface area contributed by atoms with Gasteiger partial charge in [-0.05, 0) is 25.0 Å². The SMILES string of the molecule is COC(=O)NCC(=O)N1CCC(n2c(=O)[nH]c3ccccc32)CC1. The van der Waals surface area contributed by atoms with E-state index in [9.17, 15) is 14.4 Å². The average Bonchev–Trinajstić information content (AvgIpc) is 2.95. The van der Waals surface area contributed by atoms with E-state index in [2.05, 4.69) is 15.0 Å². The van der Waals surface area contributed by atoms with Gasteiger partial charge in [0.15, 0.2) is 0 Å². The Hall–Kier alpha value is -2.77. The zero-order valence-corrected chi connectivity index (χ0v) is 13.4. The van der Waals surface area contributed by atoms with Crippen molar-refractivity contribution < 1.29 is 14.3 Å². The molecule has 1 fully saturated rings. The molecule has 24 heavy (non-hydrogen) atoms. The Bertz CT molecular complexity index is 802. The second kappa shape index (κ2) is 6.77. The number of carbonyl (C=O) groups excluding carboxylic acids is 2. The highest BCUT2D eigenvalue weighted by atomic mass is 16.5. The molecule has 1 aromatic heterocycles. The minimum Gasteiger partial charge on any atom is -0.453 e. The maximum Gasteiger partial charge on any atom is 0.407 e. The molecule has 0 spiro atoms. The molecule has 2 N–H and O–H groups in total. The van der Waals surface area contributed by atoms with E-state index in [-0.39, 0.29) is 24.2 Å². The third-order valence-electron chi connectivity index (χ3n) is 4.38. The highest BCUT2D eigenvalue weighted by Gasteiger charge is 2.26. The van der Waals surface area contributed by atoms with Crippen molar-refractivity contribution in [3.8, 4) is 0 Å². The van der Waals surface area contributed by atoms with Gasteiger partial charge >= 0.3 is 11.8 Å². The number of fused-ring (bicyclic) bond motifs is 1. The number of rotatable bonds is 3. The van der Waals surface area contributed by atoms with Gasteiger partial charge in [-0.1, -0.05) is 12.1 Å². The number of methoxy groups -OCH3 is 1. The number of carbonyl (C=O) groups is 2. The van der Waals surface area contributed by atoms with E-state index < -0.39 is 6.09 Å². The number of piperidine rings is 1. The lowest BCUT2D eigenvalue weighted by atomic mass is 10.0. The number of ether oxygens (including phenoxy) is 1. The molecular formula is C16H20N4O4. The van der Waals surface area contributed by atoms with Crippen LogP contribution >= 0.6 is 0 Å². The number of alkyl carbamates (subject to hydrolysis) is 1. The van der Waals surface area contributed by atoms with Crippen LogP contribution < -0.4 is 11.0 Å². The van der Waals surface area contributed by atoms with Crippen LogP contribution in [0.25, 0.3) is 11.0 Å². The molecule has 2 heterocycles. The normalized spacial score (nSPS) is 15.5. The quantitative estimate of drug-likeness (QED) is 0.871. The molecule has 128 valence electrons. The Balaban J connectivity index is 1.64. The van der Waals surface area contributed by atoms with Gasteiger partial charge in [0.05, 0.1) is 18.1 Å². The number of nitrogens with one attached hydrogen (secondary N) is 2. The molecule has 2 amide bonds. The van der Waals surface area contributed by atoms with Crippen LogP contribution in [0.1, 0.15) is 18.9 Å². The summed E-state index contributed by atoms with van der Waals surface area (Å²) in [6.45, 7) is 1.03. The Kier molecular flexibility index (Phi) is 4.54. The Morgan fingerprint density at radius 1 is 1.29 bits per heavy atom. The number of benzene rings is 1. The number of aromatic nitrogens is 2. The van der Waals surface area contributed by atoms with Crippen molar-refractivity contribution >= 4 is 23.0 Å². The van der Waals surface area contributed by atoms with Gasteiger partial charge in [0.1, 0.15) is 6.54 Å². The second-order valence-electron chi connectivity index (χ2n) is 5.77. The first-order chi connectivity index (χ1) is 11.6. The minimum atomic E-state index is -0.622. The molecule has 2 aromatic rings. The van der Waals surface area contributed by atoms with E-state index in [0.29, 0.717) is 25.9 Å². The van der Waals surface area contributed by atoms with Crippen molar-refractivity contribution in [1.29, 1.82) is 0 Å². The number of amides is 2. The second-order valence-corrected chi connectivity index (χ2v) is 5.77. The summed E-state index contributed by atoms with van der Waals surface area (Å²) in [7, 11) is 1.25. The monoisotopic (exact) mass is 332 g/mol. The van der Waals surface area contributed by atoms with Crippen LogP contribution in [0.3, 0.4) is 0 Å². The van der Waals surface area contributed by atoms with Crippen molar-refractivity contribution in [1.82, 2.24) is 19.8 Å². The molecule has 0 radical (unpaired) electrons. The van der Waals surface area contributed by atoms with Crippen LogP contribution in [0.2, 0.25) is 0 Å². The number of nitrogens with zero attached hydrogens (tertiary/aromatic N) is 2. The minimum absolute atomic E-state index is 0.0614. The summed E-state index contributed by atoms with van der Waals surface area (Å²) in [6.07, 6.45) is 0.779. The molecule has 0 aliphatic carbocycles. The van der Waals surface area contributed by atoms with E-state index in [1.54, 1.807) is 9.47 Å². The number of H-pyrrole nitrogens is 1. The number of hydrogen-bond acceptors (Lipinski definition) is 4. The lowest BCUT2D eigenvalue weighted by molar-refractivity contribution is -0.131. The number of para-hydroxylation sites is 2. The van der Waals surface area contributed by atoms with E-state index in [4.69, 9.17) is 0 Å². The van der Waals surface area contributed by atoms with Gasteiger partial charge in [0, 0.05) is 19.1 Å². The third-order valence-corrected chi connectivity index (χ3v) is 4.38. The van der Waals surface area contributed by atoms with Gasteiger partial charge in [-0.2, -0.15) is 0 Å². The molecule has 0 atom stereocenters. The summed E-state index contributed by atoms with van der Waals surface area (Å²) in [4.78, 5) is 39.9.